The molecule has 6 nitrogen and oxygen atoms in total. The lowest BCUT2D eigenvalue weighted by Crippen LogP contribution is -2.32. The number of carbonyl (C=O) groups is 1. The number of nitro benzene ring substituents is 1. The van der Waals surface area contributed by atoms with E-state index in [0.717, 1.165) is 5.56 Å². The van der Waals surface area contributed by atoms with E-state index in [1.54, 1.807) is 37.3 Å². The molecule has 0 aliphatic rings. The summed E-state index contributed by atoms with van der Waals surface area (Å²) in [6.07, 6.45) is 0. The van der Waals surface area contributed by atoms with E-state index in [0.29, 0.717) is 15.7 Å². The van der Waals surface area contributed by atoms with Crippen molar-refractivity contribution in [2.45, 2.75) is 13.0 Å². The quantitative estimate of drug-likeness (QED) is 0.592. The van der Waals surface area contributed by atoms with Gasteiger partial charge in [0.2, 0.25) is 5.91 Å². The second-order valence-corrected chi connectivity index (χ2v) is 5.96. The maximum absolute atomic E-state index is 12.0. The number of hydrogen-bond acceptors (Lipinski definition) is 4. The number of halogens is 2. The van der Waals surface area contributed by atoms with E-state index >= 15 is 0 Å². The van der Waals surface area contributed by atoms with Gasteiger partial charge in [-0.2, -0.15) is 0 Å². The summed E-state index contributed by atoms with van der Waals surface area (Å²) in [4.78, 5) is 22.3. The summed E-state index contributed by atoms with van der Waals surface area (Å²) in [5.74, 6) is -0.264. The highest BCUT2D eigenvalue weighted by Crippen LogP contribution is 2.26. The van der Waals surface area contributed by atoms with E-state index in [4.69, 9.17) is 23.2 Å². The van der Waals surface area contributed by atoms with Crippen LogP contribution in [0.2, 0.25) is 10.0 Å². The molecular formula is C16H15Cl2N3O3. The number of nitrogens with one attached hydrogen (secondary N) is 2. The number of carbonyl (C=O) groups excluding carboxylic acids is 1. The molecule has 8 heteroatoms. The second-order valence-electron chi connectivity index (χ2n) is 5.12. The fourth-order valence-electron chi connectivity index (χ4n) is 2.13. The van der Waals surface area contributed by atoms with Crippen LogP contribution in [0.25, 0.3) is 0 Å². The zero-order valence-electron chi connectivity index (χ0n) is 12.8. The van der Waals surface area contributed by atoms with E-state index in [9.17, 15) is 14.9 Å². The maximum atomic E-state index is 12.0. The molecule has 2 rings (SSSR count). The Balaban J connectivity index is 1.93. The Morgan fingerprint density at radius 2 is 2.00 bits per heavy atom. The average molecular weight is 368 g/mol. The Morgan fingerprint density at radius 1 is 1.25 bits per heavy atom. The molecule has 0 saturated heterocycles. The van der Waals surface area contributed by atoms with Gasteiger partial charge in [0.25, 0.3) is 5.69 Å². The van der Waals surface area contributed by atoms with Crippen molar-refractivity contribution in [2.24, 2.45) is 0 Å². The van der Waals surface area contributed by atoms with E-state index in [2.05, 4.69) is 10.6 Å². The van der Waals surface area contributed by atoms with Crippen LogP contribution in [0.5, 0.6) is 0 Å². The summed E-state index contributed by atoms with van der Waals surface area (Å²) in [5, 5.41) is 17.4. The van der Waals surface area contributed by atoms with Crippen LogP contribution in [-0.2, 0) is 4.79 Å². The molecule has 2 aromatic rings. The fraction of sp³-hybridized carbons (Fsp3) is 0.188. The number of non-ortho nitro benzene ring substituents is 1. The molecule has 2 aromatic carbocycles. The van der Waals surface area contributed by atoms with Gasteiger partial charge in [-0.15, -0.1) is 0 Å². The molecular weight excluding hydrogens is 353 g/mol. The third-order valence-electron chi connectivity index (χ3n) is 3.32. The van der Waals surface area contributed by atoms with E-state index in [1.165, 1.54) is 12.1 Å². The smallest absolute Gasteiger partial charge is 0.271 e. The molecule has 0 saturated carbocycles. The minimum absolute atomic E-state index is 0.0171. The Kier molecular flexibility index (Phi) is 6.00. The van der Waals surface area contributed by atoms with Gasteiger partial charge in [0.1, 0.15) is 0 Å². The zero-order valence-corrected chi connectivity index (χ0v) is 14.3. The van der Waals surface area contributed by atoms with Gasteiger partial charge >= 0.3 is 0 Å². The lowest BCUT2D eigenvalue weighted by molar-refractivity contribution is -0.384. The molecule has 0 aromatic heterocycles. The van der Waals surface area contributed by atoms with Gasteiger partial charge in [-0.1, -0.05) is 35.3 Å². The van der Waals surface area contributed by atoms with Crippen LogP contribution in [0.3, 0.4) is 0 Å². The van der Waals surface area contributed by atoms with Crippen molar-refractivity contribution < 1.29 is 9.72 Å². The minimum Gasteiger partial charge on any atom is -0.376 e. The van der Waals surface area contributed by atoms with Crippen molar-refractivity contribution in [1.29, 1.82) is 0 Å². The molecule has 0 bridgehead atoms. The summed E-state index contributed by atoms with van der Waals surface area (Å²) < 4.78 is 0. The van der Waals surface area contributed by atoms with Gasteiger partial charge in [0.15, 0.2) is 0 Å². The number of amides is 1. The van der Waals surface area contributed by atoms with Crippen molar-refractivity contribution in [2.75, 3.05) is 11.9 Å². The highest BCUT2D eigenvalue weighted by molar-refractivity contribution is 6.35. The van der Waals surface area contributed by atoms with Crippen molar-refractivity contribution in [3.05, 3.63) is 68.2 Å². The summed E-state index contributed by atoms with van der Waals surface area (Å²) in [6, 6.07) is 10.7. The Labute approximate surface area is 148 Å². The first-order valence-electron chi connectivity index (χ1n) is 7.09. The Morgan fingerprint density at radius 3 is 2.67 bits per heavy atom. The van der Waals surface area contributed by atoms with Crippen molar-refractivity contribution in [1.82, 2.24) is 5.32 Å². The summed E-state index contributed by atoms with van der Waals surface area (Å²) in [6.45, 7) is 1.79. The predicted octanol–water partition coefficient (Wildman–Crippen LogP) is 4.19. The van der Waals surface area contributed by atoms with Crippen LogP contribution >= 0.6 is 23.2 Å². The average Bonchev–Trinajstić information content (AvgIpc) is 2.53. The minimum atomic E-state index is -0.490. The summed E-state index contributed by atoms with van der Waals surface area (Å²) >= 11 is 12.0. The van der Waals surface area contributed by atoms with E-state index < -0.39 is 4.92 Å². The van der Waals surface area contributed by atoms with Gasteiger partial charge in [0, 0.05) is 27.9 Å². The van der Waals surface area contributed by atoms with Crippen molar-refractivity contribution in [3.63, 3.8) is 0 Å². The van der Waals surface area contributed by atoms with Gasteiger partial charge in [-0.3, -0.25) is 14.9 Å². The molecule has 0 spiro atoms. The second kappa shape index (κ2) is 7.99. The highest BCUT2D eigenvalue weighted by Gasteiger charge is 2.13. The normalized spacial score (nSPS) is 11.6. The molecule has 126 valence electrons. The topological polar surface area (TPSA) is 84.3 Å². The molecule has 0 aliphatic heterocycles. The number of benzene rings is 2. The number of hydrogen-bond donors (Lipinski definition) is 2. The number of rotatable bonds is 6. The molecule has 0 aliphatic carbocycles. The third kappa shape index (κ3) is 4.84. The zero-order chi connectivity index (χ0) is 17.7. The molecule has 24 heavy (non-hydrogen) atoms. The van der Waals surface area contributed by atoms with Crippen LogP contribution in [0.1, 0.15) is 18.5 Å². The number of nitrogens with zero attached hydrogens (tertiary/aromatic N) is 1. The molecule has 0 heterocycles. The molecule has 2 N–H and O–H groups in total. The Bertz CT molecular complexity index is 768. The van der Waals surface area contributed by atoms with Gasteiger partial charge < -0.3 is 10.6 Å². The monoisotopic (exact) mass is 367 g/mol. The first kappa shape index (κ1) is 18.0. The van der Waals surface area contributed by atoms with Crippen LogP contribution in [0.15, 0.2) is 42.5 Å². The molecule has 0 radical (unpaired) electrons. The standard InChI is InChI=1S/C16H15Cl2N3O3/c1-10(14-6-5-11(17)7-15(14)18)20-16(22)9-19-12-3-2-4-13(8-12)21(23)24/h2-8,10,19H,9H2,1H3,(H,20,22)/t10-/m0/s1. The van der Waals surface area contributed by atoms with Crippen LogP contribution in [-0.4, -0.2) is 17.4 Å². The van der Waals surface area contributed by atoms with Crippen LogP contribution in [0.4, 0.5) is 11.4 Å². The molecule has 0 fully saturated rings. The predicted molar refractivity (Wildman–Crippen MR) is 94.6 cm³/mol. The highest BCUT2D eigenvalue weighted by atomic mass is 35.5. The lowest BCUT2D eigenvalue weighted by atomic mass is 10.1. The van der Waals surface area contributed by atoms with Gasteiger partial charge in [-0.05, 0) is 30.7 Å². The van der Waals surface area contributed by atoms with Crippen LogP contribution < -0.4 is 10.6 Å². The number of nitro groups is 1. The summed E-state index contributed by atoms with van der Waals surface area (Å²) in [7, 11) is 0. The van der Waals surface area contributed by atoms with Gasteiger partial charge in [-0.25, -0.2) is 0 Å². The lowest BCUT2D eigenvalue weighted by Gasteiger charge is -2.16. The fourth-order valence-corrected chi connectivity index (χ4v) is 2.71. The van der Waals surface area contributed by atoms with E-state index in [-0.39, 0.29) is 24.2 Å². The third-order valence-corrected chi connectivity index (χ3v) is 3.88. The number of anilines is 1. The molecule has 1 amide bonds. The first-order valence-corrected chi connectivity index (χ1v) is 7.85. The van der Waals surface area contributed by atoms with Crippen molar-refractivity contribution >= 4 is 40.5 Å². The van der Waals surface area contributed by atoms with Crippen LogP contribution in [0, 0.1) is 10.1 Å². The first-order chi connectivity index (χ1) is 11.4. The Hall–Kier alpha value is -2.31. The van der Waals surface area contributed by atoms with Crippen molar-refractivity contribution in [3.8, 4) is 0 Å². The van der Waals surface area contributed by atoms with Gasteiger partial charge in [0.05, 0.1) is 17.5 Å². The summed E-state index contributed by atoms with van der Waals surface area (Å²) in [5.41, 5.74) is 1.21. The SMILES string of the molecule is C[C@H](NC(=O)CNc1cccc([N+](=O)[O-])c1)c1ccc(Cl)cc1Cl. The van der Waals surface area contributed by atoms with E-state index in [1.807, 2.05) is 0 Å². The maximum Gasteiger partial charge on any atom is 0.271 e. The largest absolute Gasteiger partial charge is 0.376 e. The molecule has 0 unspecified atom stereocenters. The molecule has 1 atom stereocenters.